The first-order valence-electron chi connectivity index (χ1n) is 15.7. The Bertz CT molecular complexity index is 1520. The van der Waals surface area contributed by atoms with Gasteiger partial charge in [-0.15, -0.1) is 11.8 Å². The monoisotopic (exact) mass is 666 g/mol. The van der Waals surface area contributed by atoms with Crippen LogP contribution >= 0.6 is 24.0 Å². The van der Waals surface area contributed by atoms with Gasteiger partial charge in [-0.1, -0.05) is 72.9 Å². The van der Waals surface area contributed by atoms with Gasteiger partial charge in [-0.2, -0.15) is 0 Å². The number of rotatable bonds is 12. The Morgan fingerprint density at radius 1 is 0.935 bits per heavy atom. The maximum atomic E-state index is 14.4. The van der Waals surface area contributed by atoms with Crippen LogP contribution in [0.1, 0.15) is 71.9 Å². The van der Waals surface area contributed by atoms with Gasteiger partial charge in [0, 0.05) is 17.6 Å². The van der Waals surface area contributed by atoms with Gasteiger partial charge in [0.2, 0.25) is 0 Å². The second-order valence-corrected chi connectivity index (χ2v) is 16.1. The van der Waals surface area contributed by atoms with Crippen molar-refractivity contribution in [2.45, 2.75) is 78.6 Å². The standard InChI is InChI=1S/C36H42O8S2/c1-33(2,30(38)39)36(6,32(41)44-34(3,4)23-15-11-8-12-16-23)19-35(5,20-46-29(45)21-13-9-7-10-14-21)31(40)43-26-22-17-24-25(18-22)28(37)42-27(24)26/h7-16,22,24-27H,17-20H2,1-6H3,(H,38,39). The number of thioether (sulfide) groups is 1. The first-order chi connectivity index (χ1) is 21.5. The maximum absolute atomic E-state index is 14.4. The van der Waals surface area contributed by atoms with E-state index in [4.69, 9.17) is 26.4 Å². The molecule has 2 aromatic rings. The van der Waals surface area contributed by atoms with Crippen LogP contribution in [0.4, 0.5) is 0 Å². The van der Waals surface area contributed by atoms with Crippen molar-refractivity contribution < 1.29 is 38.5 Å². The zero-order chi connectivity index (χ0) is 33.7. The highest BCUT2D eigenvalue weighted by molar-refractivity contribution is 8.23. The van der Waals surface area contributed by atoms with Gasteiger partial charge >= 0.3 is 23.9 Å². The summed E-state index contributed by atoms with van der Waals surface area (Å²) in [5.74, 6) is -2.74. The molecule has 3 fully saturated rings. The van der Waals surface area contributed by atoms with E-state index >= 15 is 0 Å². The molecule has 0 radical (unpaired) electrons. The van der Waals surface area contributed by atoms with Crippen molar-refractivity contribution in [3.05, 3.63) is 71.8 Å². The molecule has 8 nitrogen and oxygen atoms in total. The second-order valence-electron chi connectivity index (χ2n) is 14.5. The molecule has 5 rings (SSSR count). The summed E-state index contributed by atoms with van der Waals surface area (Å²) in [5, 5.41) is 10.4. The van der Waals surface area contributed by atoms with Gasteiger partial charge in [0.1, 0.15) is 17.8 Å². The molecule has 3 aliphatic rings. The molecule has 1 aliphatic heterocycles. The molecule has 2 aromatic carbocycles. The molecular weight excluding hydrogens is 625 g/mol. The van der Waals surface area contributed by atoms with Crippen molar-refractivity contribution in [1.29, 1.82) is 0 Å². The van der Waals surface area contributed by atoms with Crippen LogP contribution in [-0.2, 0) is 39.0 Å². The third-order valence-corrected chi connectivity index (χ3v) is 12.5. The van der Waals surface area contributed by atoms with Crippen molar-refractivity contribution in [3.8, 4) is 0 Å². The van der Waals surface area contributed by atoms with Gasteiger partial charge in [0.25, 0.3) is 0 Å². The highest BCUT2D eigenvalue weighted by Crippen LogP contribution is 2.56. The maximum Gasteiger partial charge on any atom is 0.313 e. The Morgan fingerprint density at radius 2 is 1.54 bits per heavy atom. The summed E-state index contributed by atoms with van der Waals surface area (Å²) in [7, 11) is 0. The molecule has 1 heterocycles. The summed E-state index contributed by atoms with van der Waals surface area (Å²) in [6.07, 6.45) is 0.105. The summed E-state index contributed by atoms with van der Waals surface area (Å²) in [5.41, 5.74) is -4.25. The second kappa shape index (κ2) is 12.4. The Balaban J connectivity index is 1.48. The van der Waals surface area contributed by atoms with E-state index < -0.39 is 52.0 Å². The smallest absolute Gasteiger partial charge is 0.313 e. The predicted molar refractivity (Wildman–Crippen MR) is 178 cm³/mol. The minimum absolute atomic E-state index is 0.0104. The fraction of sp³-hybridized carbons (Fsp3) is 0.528. The number of hydrogen-bond acceptors (Lipinski definition) is 9. The molecule has 46 heavy (non-hydrogen) atoms. The van der Waals surface area contributed by atoms with Crippen LogP contribution in [0, 0.1) is 34.0 Å². The lowest BCUT2D eigenvalue weighted by Gasteiger charge is -2.45. The molecule has 7 unspecified atom stereocenters. The van der Waals surface area contributed by atoms with E-state index in [0.717, 1.165) is 17.5 Å². The van der Waals surface area contributed by atoms with Crippen LogP contribution in [0.25, 0.3) is 0 Å². The first-order valence-corrected chi connectivity index (χ1v) is 17.1. The van der Waals surface area contributed by atoms with Crippen molar-refractivity contribution in [2.24, 2.45) is 34.0 Å². The largest absolute Gasteiger partial charge is 0.481 e. The van der Waals surface area contributed by atoms with E-state index in [1.165, 1.54) is 25.6 Å². The third-order valence-electron chi connectivity index (χ3n) is 10.6. The Kier molecular flexibility index (Phi) is 9.20. The zero-order valence-corrected chi connectivity index (χ0v) is 28.7. The molecule has 2 saturated carbocycles. The summed E-state index contributed by atoms with van der Waals surface area (Å²) in [4.78, 5) is 53.9. The quantitative estimate of drug-likeness (QED) is 0.151. The highest BCUT2D eigenvalue weighted by atomic mass is 32.2. The SMILES string of the molecule is CC(CSC(=S)c1ccccc1)(CC(C)(C(=O)OC(C)(C)c1ccccc1)C(C)(C)C(=O)O)C(=O)OC1C2CC3C(=O)OC1C3C2. The molecular formula is C36H42O8S2. The van der Waals surface area contributed by atoms with Crippen molar-refractivity contribution in [1.82, 2.24) is 0 Å². The number of hydrogen-bond donors (Lipinski definition) is 1. The van der Waals surface area contributed by atoms with Crippen LogP contribution in [0.3, 0.4) is 0 Å². The molecule has 0 spiro atoms. The molecule has 10 heteroatoms. The minimum atomic E-state index is -1.69. The molecule has 246 valence electrons. The number of carboxylic acids is 1. The first kappa shape index (κ1) is 34.1. The number of carboxylic acid groups (broad SMARTS) is 1. The van der Waals surface area contributed by atoms with Gasteiger partial charge in [-0.25, -0.2) is 0 Å². The minimum Gasteiger partial charge on any atom is -0.481 e. The number of carbonyl (C=O) groups excluding carboxylic acids is 3. The Morgan fingerprint density at radius 3 is 2.15 bits per heavy atom. The lowest BCUT2D eigenvalue weighted by molar-refractivity contribution is -0.191. The molecule has 0 amide bonds. The number of thiocarbonyl (C=S) groups is 1. The Labute approximate surface area is 279 Å². The van der Waals surface area contributed by atoms with E-state index in [1.54, 1.807) is 27.7 Å². The van der Waals surface area contributed by atoms with Crippen LogP contribution in [0.2, 0.25) is 0 Å². The van der Waals surface area contributed by atoms with Crippen molar-refractivity contribution in [3.63, 3.8) is 0 Å². The summed E-state index contributed by atoms with van der Waals surface area (Å²) >= 11 is 7.00. The molecule has 2 aliphatic carbocycles. The number of fused-ring (bicyclic) bond motifs is 1. The lowest BCUT2D eigenvalue weighted by Crippen LogP contribution is -2.54. The Hall–Kier alpha value is -3.24. The van der Waals surface area contributed by atoms with Gasteiger partial charge in [-0.3, -0.25) is 19.2 Å². The number of benzene rings is 2. The summed E-state index contributed by atoms with van der Waals surface area (Å²) in [6.45, 7) is 9.71. The molecule has 7 atom stereocenters. The fourth-order valence-electron chi connectivity index (χ4n) is 7.20. The van der Waals surface area contributed by atoms with E-state index in [1.807, 2.05) is 60.7 Å². The van der Waals surface area contributed by atoms with Crippen LogP contribution < -0.4 is 0 Å². The summed E-state index contributed by atoms with van der Waals surface area (Å²) in [6, 6.07) is 18.6. The predicted octanol–water partition coefficient (Wildman–Crippen LogP) is 6.58. The number of carbonyl (C=O) groups is 4. The topological polar surface area (TPSA) is 116 Å². The lowest BCUT2D eigenvalue weighted by atomic mass is 9.60. The van der Waals surface area contributed by atoms with E-state index in [-0.39, 0.29) is 35.9 Å². The number of ether oxygens (including phenoxy) is 3. The van der Waals surface area contributed by atoms with Gasteiger partial charge in [0.05, 0.1) is 26.4 Å². The van der Waals surface area contributed by atoms with Crippen LogP contribution in [0.15, 0.2) is 60.7 Å². The number of esters is 3. The van der Waals surface area contributed by atoms with Gasteiger partial charge in [-0.05, 0) is 71.9 Å². The van der Waals surface area contributed by atoms with E-state index in [0.29, 0.717) is 10.6 Å². The summed E-state index contributed by atoms with van der Waals surface area (Å²) < 4.78 is 18.6. The van der Waals surface area contributed by atoms with Gasteiger partial charge < -0.3 is 19.3 Å². The fourth-order valence-corrected chi connectivity index (χ4v) is 8.49. The average Bonchev–Trinajstić information content (AvgIpc) is 3.66. The average molecular weight is 667 g/mol. The third kappa shape index (κ3) is 6.10. The van der Waals surface area contributed by atoms with E-state index in [2.05, 4.69) is 0 Å². The zero-order valence-electron chi connectivity index (χ0n) is 27.1. The van der Waals surface area contributed by atoms with Crippen LogP contribution in [0.5, 0.6) is 0 Å². The molecule has 0 aromatic heterocycles. The number of aliphatic carboxylic acids is 1. The molecule has 2 bridgehead atoms. The van der Waals surface area contributed by atoms with Gasteiger partial charge in [0.15, 0.2) is 0 Å². The van der Waals surface area contributed by atoms with Crippen molar-refractivity contribution in [2.75, 3.05) is 5.75 Å². The van der Waals surface area contributed by atoms with Crippen molar-refractivity contribution >= 4 is 52.1 Å². The molecule has 1 N–H and O–H groups in total. The highest BCUT2D eigenvalue weighted by Gasteiger charge is 2.64. The van der Waals surface area contributed by atoms with Crippen LogP contribution in [-0.4, -0.2) is 51.1 Å². The normalized spacial score (nSPS) is 26.0. The molecule has 1 saturated heterocycles. The van der Waals surface area contributed by atoms with E-state index in [9.17, 15) is 24.3 Å².